The normalized spacial score (nSPS) is 22.8. The number of rotatable bonds is 4. The Kier molecular flexibility index (Phi) is 4.21. The zero-order chi connectivity index (χ0) is 17.4. The molecule has 132 valence electrons. The molecular formula is C19H25N5O. The second kappa shape index (κ2) is 6.52. The minimum Gasteiger partial charge on any atom is -0.374 e. The van der Waals surface area contributed by atoms with Crippen molar-refractivity contribution in [2.24, 2.45) is 7.05 Å². The minimum absolute atomic E-state index is 0.0180. The van der Waals surface area contributed by atoms with E-state index >= 15 is 0 Å². The van der Waals surface area contributed by atoms with Crippen LogP contribution in [0.2, 0.25) is 0 Å². The third kappa shape index (κ3) is 3.26. The number of benzene rings is 1. The van der Waals surface area contributed by atoms with Gasteiger partial charge in [0.25, 0.3) is 0 Å². The number of aromatic nitrogens is 2. The van der Waals surface area contributed by atoms with Crippen molar-refractivity contribution in [3.63, 3.8) is 0 Å². The summed E-state index contributed by atoms with van der Waals surface area (Å²) in [7, 11) is 4.05. The number of nitrogens with one attached hydrogen (secondary N) is 2. The molecule has 6 nitrogen and oxygen atoms in total. The number of carbonyl (C=O) groups is 1. The number of carbonyl (C=O) groups excluding carboxylic acids is 1. The molecule has 1 aromatic carbocycles. The van der Waals surface area contributed by atoms with Gasteiger partial charge in [0.15, 0.2) is 0 Å². The molecule has 1 aromatic heterocycles. The van der Waals surface area contributed by atoms with Crippen molar-refractivity contribution in [2.45, 2.75) is 37.9 Å². The lowest BCUT2D eigenvalue weighted by Gasteiger charge is -2.32. The second-order valence-corrected chi connectivity index (χ2v) is 7.15. The number of hydrogen-bond donors (Lipinski definition) is 2. The van der Waals surface area contributed by atoms with Gasteiger partial charge in [-0.05, 0) is 30.0 Å². The smallest absolute Gasteiger partial charge is 0.220 e. The van der Waals surface area contributed by atoms with E-state index in [1.165, 1.54) is 16.8 Å². The van der Waals surface area contributed by atoms with Gasteiger partial charge in [-0.15, -0.1) is 0 Å². The van der Waals surface area contributed by atoms with E-state index in [4.69, 9.17) is 0 Å². The molecule has 6 heteroatoms. The van der Waals surface area contributed by atoms with Gasteiger partial charge in [0.1, 0.15) is 0 Å². The molecule has 2 aliphatic rings. The van der Waals surface area contributed by atoms with Crippen molar-refractivity contribution in [2.75, 3.05) is 18.5 Å². The molecule has 0 saturated carbocycles. The van der Waals surface area contributed by atoms with Gasteiger partial charge in [0.2, 0.25) is 5.91 Å². The Bertz CT molecular complexity index is 784. The highest BCUT2D eigenvalue weighted by Gasteiger charge is 2.30. The molecule has 4 rings (SSSR count). The van der Waals surface area contributed by atoms with Crippen molar-refractivity contribution in [1.82, 2.24) is 20.4 Å². The van der Waals surface area contributed by atoms with Crippen LogP contribution in [0.5, 0.6) is 0 Å². The number of nitrogens with zero attached hydrogens (tertiary/aromatic N) is 3. The summed E-state index contributed by atoms with van der Waals surface area (Å²) in [5.41, 5.74) is 5.14. The predicted octanol–water partition coefficient (Wildman–Crippen LogP) is 1.52. The number of fused-ring (bicyclic) bond motifs is 1. The maximum atomic E-state index is 11.9. The van der Waals surface area contributed by atoms with Gasteiger partial charge < -0.3 is 15.5 Å². The minimum atomic E-state index is -0.0180. The molecule has 0 radical (unpaired) electrons. The summed E-state index contributed by atoms with van der Waals surface area (Å²) in [6, 6.07) is 6.94. The van der Waals surface area contributed by atoms with Gasteiger partial charge in [-0.1, -0.05) is 12.1 Å². The van der Waals surface area contributed by atoms with Crippen LogP contribution in [0, 0.1) is 0 Å². The highest BCUT2D eigenvalue weighted by molar-refractivity contribution is 5.77. The van der Waals surface area contributed by atoms with Crippen LogP contribution in [0.1, 0.15) is 35.6 Å². The molecule has 2 N–H and O–H groups in total. The lowest BCUT2D eigenvalue weighted by Crippen LogP contribution is -2.48. The summed E-state index contributed by atoms with van der Waals surface area (Å²) in [6.07, 6.45) is 6.37. The summed E-state index contributed by atoms with van der Waals surface area (Å²) in [4.78, 5) is 14.2. The molecule has 2 atom stereocenters. The molecule has 1 unspecified atom stereocenters. The van der Waals surface area contributed by atoms with Crippen LogP contribution in [-0.2, 0) is 24.8 Å². The molecule has 1 fully saturated rings. The van der Waals surface area contributed by atoms with Gasteiger partial charge in [0.05, 0.1) is 12.2 Å². The summed E-state index contributed by atoms with van der Waals surface area (Å²) < 4.78 is 1.78. The van der Waals surface area contributed by atoms with E-state index in [0.29, 0.717) is 6.42 Å². The standard InChI is InChI=1S/C19H25N5O/c1-23-8-7-14-9-13(3-5-17(14)23)10-20-16-4-6-18(25)22-19(16)15-11-21-24(2)12-15/h3,5,9,11-12,16,19-20H,4,6-8,10H2,1-2H3,(H,22,25)/t16-,19?/m0/s1. The van der Waals surface area contributed by atoms with Gasteiger partial charge in [-0.2, -0.15) is 5.10 Å². The van der Waals surface area contributed by atoms with Gasteiger partial charge in [-0.3, -0.25) is 9.48 Å². The topological polar surface area (TPSA) is 62.2 Å². The first kappa shape index (κ1) is 16.1. The summed E-state index contributed by atoms with van der Waals surface area (Å²) in [5.74, 6) is 0.118. The Labute approximate surface area is 148 Å². The molecule has 1 amide bonds. The number of amides is 1. The maximum absolute atomic E-state index is 11.9. The van der Waals surface area contributed by atoms with Crippen LogP contribution in [0.25, 0.3) is 0 Å². The average molecular weight is 339 g/mol. The van der Waals surface area contributed by atoms with Crippen LogP contribution in [-0.4, -0.2) is 35.3 Å². The van der Waals surface area contributed by atoms with Crippen LogP contribution >= 0.6 is 0 Å². The largest absolute Gasteiger partial charge is 0.374 e. The van der Waals surface area contributed by atoms with Crippen molar-refractivity contribution in [1.29, 1.82) is 0 Å². The van der Waals surface area contributed by atoms with Crippen molar-refractivity contribution in [3.05, 3.63) is 47.3 Å². The highest BCUT2D eigenvalue weighted by Crippen LogP contribution is 2.28. The fourth-order valence-electron chi connectivity index (χ4n) is 3.91. The quantitative estimate of drug-likeness (QED) is 0.887. The second-order valence-electron chi connectivity index (χ2n) is 7.15. The molecule has 0 bridgehead atoms. The monoisotopic (exact) mass is 339 g/mol. The molecule has 0 spiro atoms. The Balaban J connectivity index is 1.46. The lowest BCUT2D eigenvalue weighted by molar-refractivity contribution is -0.123. The van der Waals surface area contributed by atoms with Gasteiger partial charge in [0, 0.05) is 57.1 Å². The molecule has 1 saturated heterocycles. The number of likely N-dealkylation sites (N-methyl/N-ethyl adjacent to an activating group) is 1. The van der Waals surface area contributed by atoms with Crippen molar-refractivity contribution < 1.29 is 4.79 Å². The summed E-state index contributed by atoms with van der Waals surface area (Å²) in [5, 5.41) is 11.0. The lowest BCUT2D eigenvalue weighted by atomic mass is 9.93. The van der Waals surface area contributed by atoms with Crippen LogP contribution < -0.4 is 15.5 Å². The van der Waals surface area contributed by atoms with Crippen LogP contribution in [0.4, 0.5) is 5.69 Å². The van der Waals surface area contributed by atoms with E-state index in [-0.39, 0.29) is 18.0 Å². The van der Waals surface area contributed by atoms with E-state index in [0.717, 1.165) is 31.5 Å². The van der Waals surface area contributed by atoms with Gasteiger partial charge in [-0.25, -0.2) is 0 Å². The third-order valence-electron chi connectivity index (χ3n) is 5.33. The Morgan fingerprint density at radius 2 is 2.20 bits per heavy atom. The first-order valence-electron chi connectivity index (χ1n) is 8.94. The third-order valence-corrected chi connectivity index (χ3v) is 5.33. The summed E-state index contributed by atoms with van der Waals surface area (Å²) >= 11 is 0. The van der Waals surface area contributed by atoms with E-state index in [1.807, 2.05) is 19.4 Å². The Hall–Kier alpha value is -2.34. The molecule has 3 heterocycles. The average Bonchev–Trinajstić information content (AvgIpc) is 3.20. The highest BCUT2D eigenvalue weighted by atomic mass is 16.1. The Morgan fingerprint density at radius 1 is 1.32 bits per heavy atom. The van der Waals surface area contributed by atoms with Crippen LogP contribution in [0.15, 0.2) is 30.6 Å². The summed E-state index contributed by atoms with van der Waals surface area (Å²) in [6.45, 7) is 1.91. The molecule has 0 aliphatic carbocycles. The zero-order valence-corrected chi connectivity index (χ0v) is 14.8. The first-order valence-corrected chi connectivity index (χ1v) is 8.94. The number of piperidine rings is 1. The molecular weight excluding hydrogens is 314 g/mol. The fourth-order valence-corrected chi connectivity index (χ4v) is 3.91. The van der Waals surface area contributed by atoms with Gasteiger partial charge >= 0.3 is 0 Å². The zero-order valence-electron chi connectivity index (χ0n) is 14.8. The predicted molar refractivity (Wildman–Crippen MR) is 97.4 cm³/mol. The number of aryl methyl sites for hydroxylation is 1. The number of anilines is 1. The first-order chi connectivity index (χ1) is 12.1. The van der Waals surface area contributed by atoms with E-state index in [2.05, 4.69) is 45.9 Å². The van der Waals surface area contributed by atoms with E-state index in [9.17, 15) is 4.79 Å². The number of hydrogen-bond acceptors (Lipinski definition) is 4. The Morgan fingerprint density at radius 3 is 3.00 bits per heavy atom. The molecule has 2 aliphatic heterocycles. The SMILES string of the molecule is CN1CCc2cc(CN[C@H]3CCC(=O)NC3c3cnn(C)c3)ccc21. The van der Waals surface area contributed by atoms with E-state index in [1.54, 1.807) is 4.68 Å². The van der Waals surface area contributed by atoms with E-state index < -0.39 is 0 Å². The van der Waals surface area contributed by atoms with Crippen molar-refractivity contribution >= 4 is 11.6 Å². The molecule has 25 heavy (non-hydrogen) atoms. The molecule has 2 aromatic rings. The van der Waals surface area contributed by atoms with Crippen molar-refractivity contribution in [3.8, 4) is 0 Å². The maximum Gasteiger partial charge on any atom is 0.220 e. The fraction of sp³-hybridized carbons (Fsp3) is 0.474. The van der Waals surface area contributed by atoms with Crippen LogP contribution in [0.3, 0.4) is 0 Å².